The Balaban J connectivity index is 2.06. The third-order valence-electron chi connectivity index (χ3n) is 4.21. The zero-order valence-electron chi connectivity index (χ0n) is 12.9. The van der Waals surface area contributed by atoms with Gasteiger partial charge < -0.3 is 0 Å². The quantitative estimate of drug-likeness (QED) is 0.610. The molecule has 0 radical (unpaired) electrons. The molecule has 1 atom stereocenters. The van der Waals surface area contributed by atoms with E-state index in [1.165, 1.54) is 12.6 Å². The summed E-state index contributed by atoms with van der Waals surface area (Å²) in [5, 5.41) is 9.27. The molecule has 0 aliphatic heterocycles. The van der Waals surface area contributed by atoms with Gasteiger partial charge in [0, 0.05) is 12.1 Å². The van der Waals surface area contributed by atoms with Crippen molar-refractivity contribution in [3.63, 3.8) is 0 Å². The lowest BCUT2D eigenvalue weighted by molar-refractivity contribution is -0.119. The number of nitrogens with zero attached hydrogens (tertiary/aromatic N) is 2. The molecule has 0 amide bonds. The Hall–Kier alpha value is -2.02. The second kappa shape index (κ2) is 7.84. The normalized spacial score (nSPS) is 17.8. The number of aromatic nitrogens is 1. The van der Waals surface area contributed by atoms with Crippen LogP contribution in [0.4, 0.5) is 4.39 Å². The summed E-state index contributed by atoms with van der Waals surface area (Å²) >= 11 is 0. The summed E-state index contributed by atoms with van der Waals surface area (Å²) in [5.41, 5.74) is 0.787. The van der Waals surface area contributed by atoms with Gasteiger partial charge >= 0.3 is 0 Å². The van der Waals surface area contributed by atoms with Crippen LogP contribution in [-0.2, 0) is 11.2 Å². The molecule has 0 aromatic carbocycles. The Morgan fingerprint density at radius 1 is 1.50 bits per heavy atom. The van der Waals surface area contributed by atoms with Crippen molar-refractivity contribution in [1.82, 2.24) is 4.98 Å². The molecule has 1 fully saturated rings. The minimum atomic E-state index is -0.347. The molecule has 0 bridgehead atoms. The summed E-state index contributed by atoms with van der Waals surface area (Å²) < 4.78 is 13.6. The average Bonchev–Trinajstić information content (AvgIpc) is 2.55. The molecular formula is C18H21FN2O. The van der Waals surface area contributed by atoms with Gasteiger partial charge in [0.1, 0.15) is 11.9 Å². The van der Waals surface area contributed by atoms with Crippen LogP contribution in [-0.4, -0.2) is 10.8 Å². The molecule has 1 unspecified atom stereocenters. The van der Waals surface area contributed by atoms with Crippen LogP contribution in [0.2, 0.25) is 0 Å². The molecule has 4 heteroatoms. The second-order valence-corrected chi connectivity index (χ2v) is 6.04. The molecule has 0 N–H and O–H groups in total. The van der Waals surface area contributed by atoms with Crippen molar-refractivity contribution in [1.29, 1.82) is 5.26 Å². The number of hydrogen-bond acceptors (Lipinski definition) is 3. The van der Waals surface area contributed by atoms with Gasteiger partial charge in [0.2, 0.25) is 0 Å². The summed E-state index contributed by atoms with van der Waals surface area (Å²) in [6, 6.07) is 3.67. The van der Waals surface area contributed by atoms with E-state index in [0.717, 1.165) is 25.7 Å². The molecule has 3 nitrogen and oxygen atoms in total. The molecule has 22 heavy (non-hydrogen) atoms. The van der Waals surface area contributed by atoms with Crippen molar-refractivity contribution in [2.24, 2.45) is 11.8 Å². The third kappa shape index (κ3) is 4.24. The van der Waals surface area contributed by atoms with Gasteiger partial charge in [-0.1, -0.05) is 32.3 Å². The molecule has 1 aromatic heterocycles. The molecule has 0 saturated heterocycles. The fourth-order valence-corrected chi connectivity index (χ4v) is 3.02. The van der Waals surface area contributed by atoms with E-state index in [0.29, 0.717) is 12.0 Å². The first kappa shape index (κ1) is 16.4. The Morgan fingerprint density at radius 2 is 2.23 bits per heavy atom. The molecular weight excluding hydrogens is 279 g/mol. The molecule has 0 spiro atoms. The number of Topliss-reactive ketones (excluding diaryl/α,β-unsaturated/α-hetero) is 1. The lowest BCUT2D eigenvalue weighted by Crippen LogP contribution is -2.19. The maximum atomic E-state index is 13.6. The fourth-order valence-electron chi connectivity index (χ4n) is 3.02. The Kier molecular flexibility index (Phi) is 5.83. The van der Waals surface area contributed by atoms with Crippen molar-refractivity contribution in [2.75, 3.05) is 0 Å². The minimum Gasteiger partial charge on any atom is -0.293 e. The van der Waals surface area contributed by atoms with Gasteiger partial charge in [-0.2, -0.15) is 5.26 Å². The van der Waals surface area contributed by atoms with Gasteiger partial charge in [-0.15, -0.1) is 0 Å². The van der Waals surface area contributed by atoms with Crippen LogP contribution >= 0.6 is 0 Å². The van der Waals surface area contributed by atoms with Crippen molar-refractivity contribution in [3.05, 3.63) is 41.5 Å². The topological polar surface area (TPSA) is 53.8 Å². The number of nitriles is 1. The summed E-state index contributed by atoms with van der Waals surface area (Å²) in [4.78, 5) is 16.1. The number of halogens is 1. The Labute approximate surface area is 130 Å². The van der Waals surface area contributed by atoms with E-state index >= 15 is 0 Å². The zero-order chi connectivity index (χ0) is 15.9. The highest BCUT2D eigenvalue weighted by molar-refractivity contribution is 6.00. The largest absolute Gasteiger partial charge is 0.293 e. The van der Waals surface area contributed by atoms with E-state index in [1.54, 1.807) is 18.3 Å². The SMILES string of the molecule is CC(C=C(C#N)C(=O)C1CCCCC1)Cc1ccncc1F. The maximum Gasteiger partial charge on any atom is 0.176 e. The number of rotatable bonds is 5. The van der Waals surface area contributed by atoms with Gasteiger partial charge in [-0.05, 0) is 36.8 Å². The van der Waals surface area contributed by atoms with Gasteiger partial charge in [-0.3, -0.25) is 9.78 Å². The van der Waals surface area contributed by atoms with Gasteiger partial charge in [-0.25, -0.2) is 4.39 Å². The van der Waals surface area contributed by atoms with Gasteiger partial charge in [0.05, 0.1) is 11.8 Å². The predicted molar refractivity (Wildman–Crippen MR) is 82.3 cm³/mol. The zero-order valence-corrected chi connectivity index (χ0v) is 12.9. The number of carbonyl (C=O) groups excluding carboxylic acids is 1. The summed E-state index contributed by atoms with van der Waals surface area (Å²) in [7, 11) is 0. The smallest absolute Gasteiger partial charge is 0.176 e. The highest BCUT2D eigenvalue weighted by atomic mass is 19.1. The predicted octanol–water partition coefficient (Wildman–Crippen LogP) is 4.00. The number of ketones is 1. The van der Waals surface area contributed by atoms with Crippen molar-refractivity contribution < 1.29 is 9.18 Å². The van der Waals surface area contributed by atoms with E-state index in [2.05, 4.69) is 4.98 Å². The summed E-state index contributed by atoms with van der Waals surface area (Å²) in [6.07, 6.45) is 9.94. The first-order chi connectivity index (χ1) is 10.6. The first-order valence-electron chi connectivity index (χ1n) is 7.86. The van der Waals surface area contributed by atoms with Crippen LogP contribution in [0.15, 0.2) is 30.1 Å². The Morgan fingerprint density at radius 3 is 2.86 bits per heavy atom. The molecule has 116 valence electrons. The average molecular weight is 300 g/mol. The van der Waals surface area contributed by atoms with Crippen LogP contribution in [0.1, 0.15) is 44.6 Å². The molecule has 1 saturated carbocycles. The van der Waals surface area contributed by atoms with Crippen LogP contribution < -0.4 is 0 Å². The third-order valence-corrected chi connectivity index (χ3v) is 4.21. The molecule has 2 rings (SSSR count). The van der Waals surface area contributed by atoms with Crippen LogP contribution in [0.25, 0.3) is 0 Å². The van der Waals surface area contributed by atoms with E-state index in [9.17, 15) is 14.4 Å². The highest BCUT2D eigenvalue weighted by Gasteiger charge is 2.24. The molecule has 1 aliphatic rings. The summed E-state index contributed by atoms with van der Waals surface area (Å²) in [5.74, 6) is -0.465. The van der Waals surface area contributed by atoms with Gasteiger partial charge in [0.15, 0.2) is 5.78 Å². The monoisotopic (exact) mass is 300 g/mol. The van der Waals surface area contributed by atoms with E-state index < -0.39 is 0 Å². The molecule has 1 heterocycles. The number of carbonyl (C=O) groups is 1. The van der Waals surface area contributed by atoms with Crippen molar-refractivity contribution in [2.45, 2.75) is 45.4 Å². The lowest BCUT2D eigenvalue weighted by Gasteiger charge is -2.20. The lowest BCUT2D eigenvalue weighted by atomic mass is 9.83. The summed E-state index contributed by atoms with van der Waals surface area (Å²) in [6.45, 7) is 1.89. The van der Waals surface area contributed by atoms with Gasteiger partial charge in [0.25, 0.3) is 0 Å². The fraction of sp³-hybridized carbons (Fsp3) is 0.500. The van der Waals surface area contributed by atoms with E-state index in [4.69, 9.17) is 0 Å². The van der Waals surface area contributed by atoms with Crippen molar-refractivity contribution in [3.8, 4) is 6.07 Å². The first-order valence-corrected chi connectivity index (χ1v) is 7.86. The van der Waals surface area contributed by atoms with E-state index in [1.807, 2.05) is 13.0 Å². The van der Waals surface area contributed by atoms with Crippen LogP contribution in [0, 0.1) is 29.0 Å². The Bertz CT molecular complexity index is 597. The number of hydrogen-bond donors (Lipinski definition) is 0. The molecule has 1 aromatic rings. The maximum absolute atomic E-state index is 13.6. The standard InChI is InChI=1S/C18H21FN2O/c1-13(9-15-7-8-21-12-17(15)19)10-16(11-20)18(22)14-5-3-2-4-6-14/h7-8,10,12-14H,2-6,9H2,1H3. The molecule has 1 aliphatic carbocycles. The number of allylic oxidation sites excluding steroid dienone is 2. The van der Waals surface area contributed by atoms with Crippen molar-refractivity contribution >= 4 is 5.78 Å². The number of pyridine rings is 1. The highest BCUT2D eigenvalue weighted by Crippen LogP contribution is 2.27. The van der Waals surface area contributed by atoms with Crippen LogP contribution in [0.5, 0.6) is 0 Å². The van der Waals surface area contributed by atoms with E-state index in [-0.39, 0.29) is 29.0 Å². The van der Waals surface area contributed by atoms with Crippen LogP contribution in [0.3, 0.4) is 0 Å². The minimum absolute atomic E-state index is 0.00971. The second-order valence-electron chi connectivity index (χ2n) is 6.04.